The number of carbonyl (C=O) groups is 1. The molecule has 1 amide bonds. The fourth-order valence-electron chi connectivity index (χ4n) is 2.33. The molecule has 0 spiro atoms. The van der Waals surface area contributed by atoms with Gasteiger partial charge in [-0.3, -0.25) is 4.79 Å². The molecule has 1 unspecified atom stereocenters. The van der Waals surface area contributed by atoms with Crippen molar-refractivity contribution >= 4 is 55.0 Å². The molecule has 25 heavy (non-hydrogen) atoms. The molecular weight excluding hydrogens is 412 g/mol. The van der Waals surface area contributed by atoms with Crippen molar-refractivity contribution in [2.75, 3.05) is 29.2 Å². The number of anilines is 4. The Morgan fingerprint density at radius 2 is 1.88 bits per heavy atom. The van der Waals surface area contributed by atoms with Gasteiger partial charge in [-0.05, 0) is 24.3 Å². The molecule has 1 aliphatic rings. The number of carbonyl (C=O) groups excluding carboxylic acids is 1. The van der Waals surface area contributed by atoms with Crippen molar-refractivity contribution in [2.45, 2.75) is 9.85 Å². The first-order valence-corrected chi connectivity index (χ1v) is 9.56. The zero-order valence-corrected chi connectivity index (χ0v) is 15.7. The van der Waals surface area contributed by atoms with Gasteiger partial charge < -0.3 is 15.1 Å². The number of hydrogen-bond donors (Lipinski definition) is 2. The van der Waals surface area contributed by atoms with Gasteiger partial charge in [-0.2, -0.15) is 4.98 Å². The minimum atomic E-state index is -3.74. The van der Waals surface area contributed by atoms with E-state index in [1.54, 1.807) is 37.3 Å². The quantitative estimate of drug-likeness (QED) is 0.554. The fourth-order valence-corrected chi connectivity index (χ4v) is 3.35. The second kappa shape index (κ2) is 6.24. The lowest BCUT2D eigenvalue weighted by Crippen LogP contribution is -2.47. The Hall–Kier alpha value is -2.24. The highest BCUT2D eigenvalue weighted by atomic mass is 79.9. The Morgan fingerprint density at radius 3 is 2.48 bits per heavy atom. The molecule has 9 nitrogen and oxygen atoms in total. The molecule has 1 aliphatic heterocycles. The van der Waals surface area contributed by atoms with Crippen LogP contribution >= 0.6 is 15.9 Å². The van der Waals surface area contributed by atoms with Crippen LogP contribution in [0.2, 0.25) is 0 Å². The Balaban J connectivity index is 1.89. The minimum Gasteiger partial charge on any atom is -0.337 e. The molecule has 2 aromatic rings. The molecule has 1 aromatic carbocycles. The first-order chi connectivity index (χ1) is 11.7. The number of primary sulfonamides is 1. The van der Waals surface area contributed by atoms with Gasteiger partial charge in [0.1, 0.15) is 5.69 Å². The summed E-state index contributed by atoms with van der Waals surface area (Å²) in [7, 11) is -0.329. The number of fused-ring (bicyclic) bond motifs is 1. The number of nitrogens with one attached hydrogen (secondary N) is 1. The number of sulfonamides is 1. The number of rotatable bonds is 3. The SMILES string of the molecule is CN1C(=O)C(Br)N(C)c2nc(Nc3ccc(S(N)(=O)=O)cc3)ncc21. The second-order valence-corrected chi connectivity index (χ2v) is 7.87. The van der Waals surface area contributed by atoms with E-state index >= 15 is 0 Å². The third-order valence-electron chi connectivity index (χ3n) is 3.76. The van der Waals surface area contributed by atoms with Crippen molar-refractivity contribution in [1.29, 1.82) is 0 Å². The maximum absolute atomic E-state index is 12.1. The van der Waals surface area contributed by atoms with Crippen molar-refractivity contribution in [1.82, 2.24) is 9.97 Å². The molecule has 1 aromatic heterocycles. The van der Waals surface area contributed by atoms with Crippen LogP contribution in [0, 0.1) is 0 Å². The summed E-state index contributed by atoms with van der Waals surface area (Å²) < 4.78 is 22.6. The van der Waals surface area contributed by atoms with Gasteiger partial charge in [-0.1, -0.05) is 15.9 Å². The van der Waals surface area contributed by atoms with Crippen LogP contribution in [0.4, 0.5) is 23.1 Å². The number of likely N-dealkylation sites (N-methyl/N-ethyl adjacent to an activating group) is 2. The van der Waals surface area contributed by atoms with Crippen LogP contribution in [0.5, 0.6) is 0 Å². The largest absolute Gasteiger partial charge is 0.337 e. The van der Waals surface area contributed by atoms with Gasteiger partial charge in [-0.25, -0.2) is 18.5 Å². The molecule has 0 radical (unpaired) electrons. The Bertz CT molecular complexity index is 934. The lowest BCUT2D eigenvalue weighted by atomic mass is 10.3. The van der Waals surface area contributed by atoms with Gasteiger partial charge in [0.2, 0.25) is 16.0 Å². The van der Waals surface area contributed by atoms with Crippen molar-refractivity contribution in [2.24, 2.45) is 5.14 Å². The molecular formula is C14H15BrN6O3S. The molecule has 1 atom stereocenters. The highest BCUT2D eigenvalue weighted by Gasteiger charge is 2.34. The summed E-state index contributed by atoms with van der Waals surface area (Å²) >= 11 is 3.33. The van der Waals surface area contributed by atoms with Gasteiger partial charge in [0.25, 0.3) is 5.91 Å². The van der Waals surface area contributed by atoms with Gasteiger partial charge in [-0.15, -0.1) is 0 Å². The van der Waals surface area contributed by atoms with Crippen LogP contribution in [0.1, 0.15) is 0 Å². The third-order valence-corrected chi connectivity index (χ3v) is 5.69. The number of nitrogens with two attached hydrogens (primary N) is 1. The van der Waals surface area contributed by atoms with E-state index in [9.17, 15) is 13.2 Å². The van der Waals surface area contributed by atoms with Crippen molar-refractivity contribution in [3.05, 3.63) is 30.5 Å². The molecule has 0 saturated heterocycles. The second-order valence-electron chi connectivity index (χ2n) is 5.44. The lowest BCUT2D eigenvalue weighted by Gasteiger charge is -2.35. The number of alkyl halides is 1. The minimum absolute atomic E-state index is 0.0198. The number of aromatic nitrogens is 2. The van der Waals surface area contributed by atoms with Crippen LogP contribution in [0.3, 0.4) is 0 Å². The zero-order valence-electron chi connectivity index (χ0n) is 13.3. The van der Waals surface area contributed by atoms with Crippen LogP contribution in [-0.4, -0.2) is 43.3 Å². The number of benzene rings is 1. The van der Waals surface area contributed by atoms with Crippen molar-refractivity contribution < 1.29 is 13.2 Å². The summed E-state index contributed by atoms with van der Waals surface area (Å²) in [5.74, 6) is 0.789. The average Bonchev–Trinajstić information content (AvgIpc) is 2.57. The van der Waals surface area contributed by atoms with E-state index in [0.717, 1.165) is 0 Å². The molecule has 0 bridgehead atoms. The highest BCUT2D eigenvalue weighted by molar-refractivity contribution is 9.10. The Labute approximate surface area is 153 Å². The first kappa shape index (κ1) is 17.6. The summed E-state index contributed by atoms with van der Waals surface area (Å²) in [4.78, 5) is 23.4. The predicted molar refractivity (Wildman–Crippen MR) is 97.7 cm³/mol. The third kappa shape index (κ3) is 3.30. The molecule has 11 heteroatoms. The van der Waals surface area contributed by atoms with E-state index in [-0.39, 0.29) is 10.8 Å². The molecule has 132 valence electrons. The standard InChI is InChI=1S/C14H15BrN6O3S/c1-20-10-7-17-14(19-12(10)21(2)11(15)13(20)22)18-8-3-5-9(6-4-8)25(16,23)24/h3-7,11H,1-2H3,(H2,16,23,24)(H,17,18,19). The summed E-state index contributed by atoms with van der Waals surface area (Å²) in [5, 5.41) is 8.06. The van der Waals surface area contributed by atoms with E-state index < -0.39 is 15.0 Å². The summed E-state index contributed by atoms with van der Waals surface area (Å²) in [6, 6.07) is 5.91. The lowest BCUT2D eigenvalue weighted by molar-refractivity contribution is -0.117. The van der Waals surface area contributed by atoms with E-state index in [1.165, 1.54) is 17.0 Å². The highest BCUT2D eigenvalue weighted by Crippen LogP contribution is 2.34. The normalized spacial score (nSPS) is 17.4. The first-order valence-electron chi connectivity index (χ1n) is 7.10. The molecule has 3 rings (SSSR count). The van der Waals surface area contributed by atoms with Crippen LogP contribution < -0.4 is 20.3 Å². The summed E-state index contributed by atoms with van der Waals surface area (Å²) in [6.45, 7) is 0. The van der Waals surface area contributed by atoms with Crippen LogP contribution in [0.25, 0.3) is 0 Å². The summed E-state index contributed by atoms with van der Waals surface area (Å²) in [6.07, 6.45) is 1.55. The summed E-state index contributed by atoms with van der Waals surface area (Å²) in [5.41, 5.74) is 1.20. The van der Waals surface area contributed by atoms with Crippen molar-refractivity contribution in [3.8, 4) is 0 Å². The smallest absolute Gasteiger partial charge is 0.260 e. The van der Waals surface area contributed by atoms with E-state index in [4.69, 9.17) is 5.14 Å². The van der Waals surface area contributed by atoms with Gasteiger partial charge in [0, 0.05) is 19.8 Å². The van der Waals surface area contributed by atoms with E-state index in [1.807, 2.05) is 0 Å². The zero-order chi connectivity index (χ0) is 18.4. The Morgan fingerprint density at radius 1 is 1.24 bits per heavy atom. The maximum atomic E-state index is 12.1. The molecule has 0 aliphatic carbocycles. The topological polar surface area (TPSA) is 122 Å². The molecule has 0 fully saturated rings. The number of nitrogens with zero attached hydrogens (tertiary/aromatic N) is 4. The average molecular weight is 427 g/mol. The van der Waals surface area contributed by atoms with Gasteiger partial charge >= 0.3 is 0 Å². The Kier molecular flexibility index (Phi) is 4.39. The maximum Gasteiger partial charge on any atom is 0.260 e. The predicted octanol–water partition coefficient (Wildman–Crippen LogP) is 1.00. The number of amides is 1. The van der Waals surface area contributed by atoms with Crippen molar-refractivity contribution in [3.63, 3.8) is 0 Å². The van der Waals surface area contributed by atoms with E-state index in [0.29, 0.717) is 23.1 Å². The number of halogens is 1. The van der Waals surface area contributed by atoms with Gasteiger partial charge in [0.15, 0.2) is 10.8 Å². The van der Waals surface area contributed by atoms with E-state index in [2.05, 4.69) is 31.2 Å². The fraction of sp³-hybridized carbons (Fsp3) is 0.214. The van der Waals surface area contributed by atoms with Crippen LogP contribution in [0.15, 0.2) is 35.4 Å². The number of hydrogen-bond acceptors (Lipinski definition) is 7. The molecule has 2 heterocycles. The van der Waals surface area contributed by atoms with Gasteiger partial charge in [0.05, 0.1) is 11.1 Å². The monoisotopic (exact) mass is 426 g/mol. The molecule has 3 N–H and O–H groups in total. The van der Waals surface area contributed by atoms with Crippen LogP contribution in [-0.2, 0) is 14.8 Å². The molecule has 0 saturated carbocycles.